The fourth-order valence-electron chi connectivity index (χ4n) is 4.10. The zero-order chi connectivity index (χ0) is 25.4. The second-order valence-corrected chi connectivity index (χ2v) is 9.30. The SMILES string of the molecule is COC(=O)c1ccc2c(=O)n(-c3ccccc3)c(SCc3cc(=O)oc4c(C)c(C)ccc34)nc2c1. The molecule has 2 heterocycles. The highest BCUT2D eigenvalue weighted by molar-refractivity contribution is 7.98. The van der Waals surface area contributed by atoms with E-state index in [1.54, 1.807) is 22.8 Å². The first-order valence-corrected chi connectivity index (χ1v) is 12.2. The van der Waals surface area contributed by atoms with E-state index in [1.165, 1.54) is 24.9 Å². The Morgan fingerprint density at radius 1 is 1.00 bits per heavy atom. The smallest absolute Gasteiger partial charge is 0.337 e. The van der Waals surface area contributed by atoms with Crippen LogP contribution in [0.2, 0.25) is 0 Å². The molecule has 0 aliphatic rings. The molecular weight excluding hydrogens is 476 g/mol. The van der Waals surface area contributed by atoms with Crippen LogP contribution in [0.4, 0.5) is 0 Å². The molecule has 0 bridgehead atoms. The predicted octanol–water partition coefficient (Wildman–Crippen LogP) is 5.19. The van der Waals surface area contributed by atoms with Gasteiger partial charge in [-0.2, -0.15) is 0 Å². The Hall–Kier alpha value is -4.17. The fourth-order valence-corrected chi connectivity index (χ4v) is 5.10. The number of carbonyl (C=O) groups is 1. The number of methoxy groups -OCH3 is 1. The van der Waals surface area contributed by atoms with E-state index in [4.69, 9.17) is 14.1 Å². The molecule has 0 saturated heterocycles. The van der Waals surface area contributed by atoms with Crippen LogP contribution in [-0.2, 0) is 10.5 Å². The molecule has 0 aliphatic carbocycles. The predicted molar refractivity (Wildman–Crippen MR) is 140 cm³/mol. The fraction of sp³-hybridized carbons (Fsp3) is 0.143. The summed E-state index contributed by atoms with van der Waals surface area (Å²) in [5.41, 5.74) is 3.97. The van der Waals surface area contributed by atoms with E-state index in [1.807, 2.05) is 56.3 Å². The minimum absolute atomic E-state index is 0.256. The van der Waals surface area contributed by atoms with Gasteiger partial charge in [0.2, 0.25) is 0 Å². The van der Waals surface area contributed by atoms with Crippen molar-refractivity contribution in [1.29, 1.82) is 0 Å². The zero-order valence-corrected chi connectivity index (χ0v) is 20.7. The van der Waals surface area contributed by atoms with Crippen molar-refractivity contribution >= 4 is 39.6 Å². The summed E-state index contributed by atoms with van der Waals surface area (Å²) in [5.74, 6) is -0.125. The van der Waals surface area contributed by atoms with Gasteiger partial charge in [-0.05, 0) is 60.9 Å². The van der Waals surface area contributed by atoms with Crippen molar-refractivity contribution in [3.8, 4) is 5.69 Å². The number of benzene rings is 3. The molecule has 0 N–H and O–H groups in total. The molecule has 3 aromatic carbocycles. The number of ether oxygens (including phenoxy) is 1. The van der Waals surface area contributed by atoms with Gasteiger partial charge >= 0.3 is 11.6 Å². The lowest BCUT2D eigenvalue weighted by Gasteiger charge is -2.14. The van der Waals surface area contributed by atoms with Gasteiger partial charge in [0.15, 0.2) is 5.16 Å². The number of aryl methyl sites for hydroxylation is 2. The van der Waals surface area contributed by atoms with Crippen LogP contribution >= 0.6 is 11.8 Å². The van der Waals surface area contributed by atoms with Crippen LogP contribution in [0.25, 0.3) is 27.6 Å². The van der Waals surface area contributed by atoms with Crippen LogP contribution in [0.5, 0.6) is 0 Å². The molecule has 5 aromatic rings. The van der Waals surface area contributed by atoms with E-state index < -0.39 is 11.6 Å². The number of para-hydroxylation sites is 1. The third kappa shape index (κ3) is 4.20. The van der Waals surface area contributed by atoms with Crippen LogP contribution in [0.3, 0.4) is 0 Å². The number of thioether (sulfide) groups is 1. The van der Waals surface area contributed by atoms with Crippen molar-refractivity contribution in [2.24, 2.45) is 0 Å². The first-order valence-electron chi connectivity index (χ1n) is 11.2. The minimum Gasteiger partial charge on any atom is -0.465 e. The van der Waals surface area contributed by atoms with E-state index >= 15 is 0 Å². The number of hydrogen-bond acceptors (Lipinski definition) is 7. The van der Waals surface area contributed by atoms with E-state index in [2.05, 4.69) is 0 Å². The van der Waals surface area contributed by atoms with Gasteiger partial charge in [-0.3, -0.25) is 9.36 Å². The topological polar surface area (TPSA) is 91.4 Å². The first kappa shape index (κ1) is 23.6. The molecule has 36 heavy (non-hydrogen) atoms. The summed E-state index contributed by atoms with van der Waals surface area (Å²) >= 11 is 1.33. The molecular formula is C28H22N2O5S. The monoisotopic (exact) mass is 498 g/mol. The van der Waals surface area contributed by atoms with Gasteiger partial charge in [-0.15, -0.1) is 0 Å². The third-order valence-corrected chi connectivity index (χ3v) is 7.14. The highest BCUT2D eigenvalue weighted by Crippen LogP contribution is 2.29. The second-order valence-electron chi connectivity index (χ2n) is 8.36. The number of fused-ring (bicyclic) bond motifs is 2. The van der Waals surface area contributed by atoms with Crippen LogP contribution in [0.15, 0.2) is 85.9 Å². The summed E-state index contributed by atoms with van der Waals surface area (Å²) in [5, 5.41) is 1.66. The molecule has 180 valence electrons. The molecule has 5 rings (SSSR count). The minimum atomic E-state index is -0.506. The van der Waals surface area contributed by atoms with Gasteiger partial charge in [0.05, 0.1) is 29.3 Å². The van der Waals surface area contributed by atoms with Crippen molar-refractivity contribution in [3.05, 3.63) is 110 Å². The molecule has 0 amide bonds. The second kappa shape index (κ2) is 9.47. The average Bonchev–Trinajstić information content (AvgIpc) is 2.89. The lowest BCUT2D eigenvalue weighted by molar-refractivity contribution is 0.0601. The average molecular weight is 499 g/mol. The number of hydrogen-bond donors (Lipinski definition) is 0. The Morgan fingerprint density at radius 3 is 2.50 bits per heavy atom. The first-order chi connectivity index (χ1) is 17.4. The Balaban J connectivity index is 1.66. The summed E-state index contributed by atoms with van der Waals surface area (Å²) < 4.78 is 11.9. The quantitative estimate of drug-likeness (QED) is 0.143. The van der Waals surface area contributed by atoms with Crippen molar-refractivity contribution in [3.63, 3.8) is 0 Å². The molecule has 0 atom stereocenters. The highest BCUT2D eigenvalue weighted by atomic mass is 32.2. The number of rotatable bonds is 5. The standard InChI is InChI=1S/C28H22N2O5S/c1-16-9-11-21-19(14-24(31)35-25(21)17(16)2)15-36-28-29-23-13-18(27(33)34-3)10-12-22(23)26(32)30(28)20-7-5-4-6-8-20/h4-14H,15H2,1-3H3. The summed E-state index contributed by atoms with van der Waals surface area (Å²) in [7, 11) is 1.30. The number of esters is 1. The van der Waals surface area contributed by atoms with Crippen LogP contribution in [0.1, 0.15) is 27.0 Å². The lowest BCUT2D eigenvalue weighted by Crippen LogP contribution is -2.22. The van der Waals surface area contributed by atoms with E-state index in [0.29, 0.717) is 38.6 Å². The maximum atomic E-state index is 13.6. The largest absolute Gasteiger partial charge is 0.465 e. The van der Waals surface area contributed by atoms with Crippen molar-refractivity contribution in [2.75, 3.05) is 7.11 Å². The number of aromatic nitrogens is 2. The van der Waals surface area contributed by atoms with Gasteiger partial charge in [0.1, 0.15) is 5.58 Å². The zero-order valence-electron chi connectivity index (χ0n) is 19.9. The van der Waals surface area contributed by atoms with Gasteiger partial charge in [-0.1, -0.05) is 42.1 Å². The van der Waals surface area contributed by atoms with E-state index in [-0.39, 0.29) is 5.56 Å². The van der Waals surface area contributed by atoms with Crippen molar-refractivity contribution in [2.45, 2.75) is 24.8 Å². The third-order valence-electron chi connectivity index (χ3n) is 6.15. The van der Waals surface area contributed by atoms with Crippen LogP contribution < -0.4 is 11.2 Å². The summed E-state index contributed by atoms with van der Waals surface area (Å²) in [6, 6.07) is 19.4. The molecule has 0 fully saturated rings. The van der Waals surface area contributed by atoms with E-state index in [9.17, 15) is 14.4 Å². The maximum Gasteiger partial charge on any atom is 0.337 e. The summed E-state index contributed by atoms with van der Waals surface area (Å²) in [4.78, 5) is 42.7. The Bertz CT molecular complexity index is 1760. The van der Waals surface area contributed by atoms with Gasteiger partial charge in [0, 0.05) is 17.2 Å². The Morgan fingerprint density at radius 2 is 1.75 bits per heavy atom. The van der Waals surface area contributed by atoms with Gasteiger partial charge in [-0.25, -0.2) is 14.6 Å². The molecule has 0 aliphatic heterocycles. The molecule has 8 heteroatoms. The highest BCUT2D eigenvalue weighted by Gasteiger charge is 2.17. The van der Waals surface area contributed by atoms with Crippen LogP contribution in [0, 0.1) is 13.8 Å². The summed E-state index contributed by atoms with van der Waals surface area (Å²) in [6.07, 6.45) is 0. The number of carbonyl (C=O) groups excluding carboxylic acids is 1. The van der Waals surface area contributed by atoms with Crippen molar-refractivity contribution in [1.82, 2.24) is 9.55 Å². The lowest BCUT2D eigenvalue weighted by atomic mass is 10.0. The molecule has 0 unspecified atom stereocenters. The maximum absolute atomic E-state index is 13.6. The molecule has 0 saturated carbocycles. The molecule has 2 aromatic heterocycles. The van der Waals surface area contributed by atoms with Gasteiger partial charge in [0.25, 0.3) is 5.56 Å². The van der Waals surface area contributed by atoms with E-state index in [0.717, 1.165) is 22.1 Å². The molecule has 7 nitrogen and oxygen atoms in total. The Kier molecular flexibility index (Phi) is 6.20. The molecule has 0 radical (unpaired) electrons. The normalized spacial score (nSPS) is 11.2. The Labute approximate surface area is 210 Å². The number of nitrogens with zero attached hydrogens (tertiary/aromatic N) is 2. The molecule has 0 spiro atoms. The van der Waals surface area contributed by atoms with Crippen molar-refractivity contribution < 1.29 is 13.9 Å². The van der Waals surface area contributed by atoms with Crippen LogP contribution in [-0.4, -0.2) is 22.6 Å². The van der Waals surface area contributed by atoms with Gasteiger partial charge < -0.3 is 9.15 Å². The summed E-state index contributed by atoms with van der Waals surface area (Å²) in [6.45, 7) is 3.89.